The van der Waals surface area contributed by atoms with Gasteiger partial charge in [-0.3, -0.25) is 4.79 Å². The van der Waals surface area contributed by atoms with E-state index < -0.39 is 28.2 Å². The number of carbonyl (C=O) groups is 2. The number of nitrogens with one attached hydrogen (secondary N) is 2. The van der Waals surface area contributed by atoms with Gasteiger partial charge in [-0.15, -0.1) is 0 Å². The number of nitrogens with zero attached hydrogens (tertiary/aromatic N) is 2. The number of aliphatic hydroxyl groups is 1. The number of fused-ring (bicyclic) bond motifs is 1. The maximum absolute atomic E-state index is 13.5. The summed E-state index contributed by atoms with van der Waals surface area (Å²) in [7, 11) is -2.31. The van der Waals surface area contributed by atoms with Crippen LogP contribution in [0, 0.1) is 5.92 Å². The third kappa shape index (κ3) is 6.60. The maximum Gasteiger partial charge on any atom is 0.319 e. The smallest absolute Gasteiger partial charge is 0.319 e. The largest absolute Gasteiger partial charge is 0.486 e. The molecule has 1 aliphatic heterocycles. The lowest BCUT2D eigenvalue weighted by Crippen LogP contribution is -2.50. The first kappa shape index (κ1) is 28.4. The molecule has 10 nitrogen and oxygen atoms in total. The van der Waals surface area contributed by atoms with Gasteiger partial charge in [0.25, 0.3) is 5.91 Å². The molecule has 0 aromatic heterocycles. The van der Waals surface area contributed by atoms with Crippen molar-refractivity contribution in [3.05, 3.63) is 54.1 Å². The van der Waals surface area contributed by atoms with Crippen molar-refractivity contribution in [2.45, 2.75) is 50.8 Å². The first-order chi connectivity index (χ1) is 17.4. The fourth-order valence-electron chi connectivity index (χ4n) is 4.10. The molecule has 3 N–H and O–H groups in total. The van der Waals surface area contributed by atoms with Crippen LogP contribution in [0.4, 0.5) is 10.5 Å². The highest BCUT2D eigenvalue weighted by atomic mass is 32.2. The average molecular weight is 533 g/mol. The Morgan fingerprint density at radius 3 is 2.46 bits per heavy atom. The Morgan fingerprint density at radius 2 is 1.84 bits per heavy atom. The summed E-state index contributed by atoms with van der Waals surface area (Å²) in [4.78, 5) is 27.7. The monoisotopic (exact) mass is 532 g/mol. The van der Waals surface area contributed by atoms with Crippen molar-refractivity contribution < 1.29 is 27.9 Å². The van der Waals surface area contributed by atoms with Crippen LogP contribution in [-0.4, -0.2) is 79.6 Å². The van der Waals surface area contributed by atoms with Gasteiger partial charge in [0.05, 0.1) is 35.3 Å². The van der Waals surface area contributed by atoms with Gasteiger partial charge in [-0.25, -0.2) is 13.2 Å². The van der Waals surface area contributed by atoms with Gasteiger partial charge in [0.1, 0.15) is 6.10 Å². The molecular formula is C26H36N4O6S. The Balaban J connectivity index is 2.02. The predicted octanol–water partition coefficient (Wildman–Crippen LogP) is 2.76. The zero-order chi connectivity index (χ0) is 27.3. The number of anilines is 1. The molecule has 0 aliphatic carbocycles. The Hall–Kier alpha value is -3.15. The molecule has 2 aromatic carbocycles. The number of hydrogen-bond donors (Lipinski definition) is 3. The second-order valence-corrected chi connectivity index (χ2v) is 11.7. The molecule has 3 atom stereocenters. The van der Waals surface area contributed by atoms with Crippen LogP contribution >= 0.6 is 0 Å². The van der Waals surface area contributed by atoms with Crippen molar-refractivity contribution in [3.8, 4) is 5.75 Å². The Kier molecular flexibility index (Phi) is 9.16. The van der Waals surface area contributed by atoms with E-state index in [9.17, 15) is 23.1 Å². The fraction of sp³-hybridized carbons (Fsp3) is 0.462. The number of ether oxygens (including phenoxy) is 1. The second-order valence-electron chi connectivity index (χ2n) is 9.66. The third-order valence-corrected chi connectivity index (χ3v) is 8.09. The number of rotatable bonds is 8. The van der Waals surface area contributed by atoms with Gasteiger partial charge in [-0.05, 0) is 45.0 Å². The average Bonchev–Trinajstić information content (AvgIpc) is 2.85. The zero-order valence-electron chi connectivity index (χ0n) is 21.8. The molecule has 1 aliphatic rings. The molecule has 1 heterocycles. The van der Waals surface area contributed by atoms with Gasteiger partial charge in [-0.2, -0.15) is 4.31 Å². The molecule has 2 aromatic rings. The summed E-state index contributed by atoms with van der Waals surface area (Å²) in [5.74, 6) is -0.499. The van der Waals surface area contributed by atoms with Gasteiger partial charge in [0.2, 0.25) is 10.0 Å². The Morgan fingerprint density at radius 1 is 1.16 bits per heavy atom. The summed E-state index contributed by atoms with van der Waals surface area (Å²) >= 11 is 0. The van der Waals surface area contributed by atoms with Gasteiger partial charge in [0.15, 0.2) is 5.75 Å². The van der Waals surface area contributed by atoms with Crippen LogP contribution in [-0.2, 0) is 10.0 Å². The highest BCUT2D eigenvalue weighted by Crippen LogP contribution is 2.35. The van der Waals surface area contributed by atoms with E-state index in [1.54, 1.807) is 48.2 Å². The Bertz CT molecular complexity index is 1200. The van der Waals surface area contributed by atoms with E-state index in [2.05, 4.69) is 10.6 Å². The molecule has 0 spiro atoms. The van der Waals surface area contributed by atoms with E-state index in [0.29, 0.717) is 0 Å². The van der Waals surface area contributed by atoms with Gasteiger partial charge in [-0.1, -0.05) is 31.2 Å². The molecule has 0 unspecified atom stereocenters. The molecule has 3 rings (SSSR count). The molecule has 0 radical (unpaired) electrons. The van der Waals surface area contributed by atoms with Crippen molar-refractivity contribution in [3.63, 3.8) is 0 Å². The van der Waals surface area contributed by atoms with Crippen molar-refractivity contribution in [1.29, 1.82) is 0 Å². The second kappa shape index (κ2) is 11.9. The topological polar surface area (TPSA) is 128 Å². The van der Waals surface area contributed by atoms with Crippen LogP contribution in [0.3, 0.4) is 0 Å². The standard InChI is InChI=1S/C26H36N4O6S/c1-17(2)27-26(33)28-22-13-9-12-21-24(22)36-23(18(3)14-30(25(21)32)19(4)16-31)15-29(5)37(34,35)20-10-7-6-8-11-20/h6-13,17-19,23,31H,14-16H2,1-5H3,(H2,27,28,33)/t18-,19-,23+/m0/s1. The molecule has 11 heteroatoms. The number of benzene rings is 2. The number of urea groups is 1. The number of aliphatic hydroxyl groups excluding tert-OH is 1. The number of para-hydroxylation sites is 1. The molecule has 0 fully saturated rings. The predicted molar refractivity (Wildman–Crippen MR) is 141 cm³/mol. The lowest BCUT2D eigenvalue weighted by molar-refractivity contribution is 0.0389. The van der Waals surface area contributed by atoms with E-state index in [1.807, 2.05) is 20.8 Å². The van der Waals surface area contributed by atoms with Gasteiger partial charge in [0, 0.05) is 25.6 Å². The van der Waals surface area contributed by atoms with Crippen LogP contribution in [0.25, 0.3) is 0 Å². The number of hydrogen-bond acceptors (Lipinski definition) is 6. The molecule has 3 amide bonds. The van der Waals surface area contributed by atoms with Crippen LogP contribution in [0.1, 0.15) is 38.1 Å². The highest BCUT2D eigenvalue weighted by molar-refractivity contribution is 7.89. The summed E-state index contributed by atoms with van der Waals surface area (Å²) in [6.45, 7) is 7.26. The van der Waals surface area contributed by atoms with Crippen molar-refractivity contribution in [1.82, 2.24) is 14.5 Å². The van der Waals surface area contributed by atoms with Crippen molar-refractivity contribution in [2.24, 2.45) is 5.92 Å². The molecule has 0 saturated heterocycles. The van der Waals surface area contributed by atoms with Crippen LogP contribution in [0.5, 0.6) is 5.75 Å². The summed E-state index contributed by atoms with van der Waals surface area (Å²) in [6.07, 6.45) is -0.667. The summed E-state index contributed by atoms with van der Waals surface area (Å²) < 4.78 is 34.0. The zero-order valence-corrected chi connectivity index (χ0v) is 22.7. The van der Waals surface area contributed by atoms with Gasteiger partial charge >= 0.3 is 6.03 Å². The molecule has 0 bridgehead atoms. The minimum Gasteiger partial charge on any atom is -0.486 e. The SMILES string of the molecule is CC(C)NC(=O)Nc1cccc2c1O[C@H](CN(C)S(=O)(=O)c1ccccc1)[C@@H](C)CN([C@@H](C)CO)C2=O. The van der Waals surface area contributed by atoms with E-state index in [4.69, 9.17) is 4.74 Å². The third-order valence-electron chi connectivity index (χ3n) is 6.25. The van der Waals surface area contributed by atoms with E-state index in [1.165, 1.54) is 23.5 Å². The molecule has 202 valence electrons. The summed E-state index contributed by atoms with van der Waals surface area (Å²) in [6, 6.07) is 11.9. The quantitative estimate of drug-likeness (QED) is 0.480. The number of amides is 3. The minimum absolute atomic E-state index is 0.000104. The van der Waals surface area contributed by atoms with E-state index in [-0.39, 0.29) is 59.5 Å². The minimum atomic E-state index is -3.80. The fourth-order valence-corrected chi connectivity index (χ4v) is 5.31. The van der Waals surface area contributed by atoms with Crippen LogP contribution < -0.4 is 15.4 Å². The number of likely N-dealkylation sites (N-methyl/N-ethyl adjacent to an activating group) is 1. The normalized spacial score (nSPS) is 19.0. The highest BCUT2D eigenvalue weighted by Gasteiger charge is 2.36. The number of carbonyl (C=O) groups excluding carboxylic acids is 2. The van der Waals surface area contributed by atoms with Crippen LogP contribution in [0.15, 0.2) is 53.4 Å². The lowest BCUT2D eigenvalue weighted by atomic mass is 9.99. The van der Waals surface area contributed by atoms with Crippen molar-refractivity contribution >= 4 is 27.6 Å². The molecular weight excluding hydrogens is 496 g/mol. The number of sulfonamides is 1. The summed E-state index contributed by atoms with van der Waals surface area (Å²) in [5.41, 5.74) is 0.501. The van der Waals surface area contributed by atoms with Gasteiger partial charge < -0.3 is 25.4 Å². The van der Waals surface area contributed by atoms with E-state index in [0.717, 1.165) is 0 Å². The van der Waals surface area contributed by atoms with Crippen molar-refractivity contribution in [2.75, 3.05) is 32.1 Å². The first-order valence-electron chi connectivity index (χ1n) is 12.3. The van der Waals surface area contributed by atoms with E-state index >= 15 is 0 Å². The maximum atomic E-state index is 13.5. The lowest BCUT2D eigenvalue weighted by Gasteiger charge is -2.38. The molecule has 0 saturated carbocycles. The summed E-state index contributed by atoms with van der Waals surface area (Å²) in [5, 5.41) is 15.3. The Labute approximate surface area is 218 Å². The first-order valence-corrected chi connectivity index (χ1v) is 13.7. The molecule has 37 heavy (non-hydrogen) atoms. The van der Waals surface area contributed by atoms with Crippen LogP contribution in [0.2, 0.25) is 0 Å².